The van der Waals surface area contributed by atoms with Gasteiger partial charge in [-0.2, -0.15) is 0 Å². The molecule has 1 atom stereocenters. The number of amides is 3. The maximum atomic E-state index is 13.4. The van der Waals surface area contributed by atoms with Crippen LogP contribution in [0.25, 0.3) is 0 Å². The first kappa shape index (κ1) is 22.2. The fourth-order valence-corrected chi connectivity index (χ4v) is 4.98. The molecule has 32 heavy (non-hydrogen) atoms. The monoisotopic (exact) mass is 436 g/mol. The Bertz CT molecular complexity index is 996. The van der Waals surface area contributed by atoms with E-state index in [9.17, 15) is 18.8 Å². The lowest BCUT2D eigenvalue weighted by Gasteiger charge is -2.29. The zero-order valence-corrected chi connectivity index (χ0v) is 18.4. The van der Waals surface area contributed by atoms with E-state index in [-0.39, 0.29) is 11.7 Å². The van der Waals surface area contributed by atoms with E-state index < -0.39 is 23.7 Å². The summed E-state index contributed by atoms with van der Waals surface area (Å²) in [5.74, 6) is -1.42. The van der Waals surface area contributed by atoms with E-state index in [1.165, 1.54) is 43.5 Å². The van der Waals surface area contributed by atoms with Crippen molar-refractivity contribution in [3.63, 3.8) is 0 Å². The Morgan fingerprint density at radius 2 is 1.72 bits per heavy atom. The average molecular weight is 437 g/mol. The third-order valence-corrected chi connectivity index (χ3v) is 6.75. The summed E-state index contributed by atoms with van der Waals surface area (Å²) in [5, 5.41) is 2.63. The first-order chi connectivity index (χ1) is 15.5. The van der Waals surface area contributed by atoms with Crippen LogP contribution in [-0.2, 0) is 9.59 Å². The molecule has 2 aromatic rings. The number of carbonyl (C=O) groups excluding carboxylic acids is 3. The molecule has 3 amide bonds. The lowest BCUT2D eigenvalue weighted by atomic mass is 9.75. The molecular weight excluding hydrogens is 407 g/mol. The molecule has 168 valence electrons. The Labute approximate surface area is 188 Å². The van der Waals surface area contributed by atoms with Crippen LogP contribution in [0.15, 0.2) is 48.5 Å². The van der Waals surface area contributed by atoms with Crippen molar-refractivity contribution in [1.82, 2.24) is 0 Å². The summed E-state index contributed by atoms with van der Waals surface area (Å²) < 4.78 is 13.2. The van der Waals surface area contributed by atoms with Crippen molar-refractivity contribution in [1.29, 1.82) is 0 Å². The number of carbonyl (C=O) groups is 3. The molecule has 1 saturated carbocycles. The van der Waals surface area contributed by atoms with Crippen LogP contribution in [0.5, 0.6) is 0 Å². The minimum absolute atomic E-state index is 0.0755. The second-order valence-electron chi connectivity index (χ2n) is 8.86. The number of unbranched alkanes of at least 4 members (excludes halogenated alkanes) is 1. The number of fused-ring (bicyclic) bond motifs is 1. The SMILES string of the molecule is CCCCC1CCC(C(=O)C2C(=O)N(C(=O)Nc3ccc(F)cc3)c3ccccc32)CC1. The summed E-state index contributed by atoms with van der Waals surface area (Å²) in [6, 6.07) is 11.7. The number of hydrogen-bond acceptors (Lipinski definition) is 3. The number of nitrogens with zero attached hydrogens (tertiary/aromatic N) is 1. The Hall–Kier alpha value is -3.02. The maximum absolute atomic E-state index is 13.4. The Balaban J connectivity index is 1.50. The Morgan fingerprint density at radius 3 is 2.41 bits per heavy atom. The first-order valence-corrected chi connectivity index (χ1v) is 11.5. The zero-order valence-electron chi connectivity index (χ0n) is 18.4. The number of benzene rings is 2. The van der Waals surface area contributed by atoms with Gasteiger partial charge in [0.2, 0.25) is 5.91 Å². The van der Waals surface area contributed by atoms with Crippen molar-refractivity contribution < 1.29 is 18.8 Å². The van der Waals surface area contributed by atoms with Crippen LogP contribution in [0.4, 0.5) is 20.6 Å². The first-order valence-electron chi connectivity index (χ1n) is 11.5. The van der Waals surface area contributed by atoms with Gasteiger partial charge >= 0.3 is 6.03 Å². The van der Waals surface area contributed by atoms with E-state index in [0.717, 1.165) is 30.6 Å². The molecule has 2 aliphatic rings. The van der Waals surface area contributed by atoms with E-state index in [1.807, 2.05) is 0 Å². The van der Waals surface area contributed by atoms with Crippen molar-refractivity contribution in [2.75, 3.05) is 10.2 Å². The quantitative estimate of drug-likeness (QED) is 0.560. The van der Waals surface area contributed by atoms with Crippen LogP contribution in [0.3, 0.4) is 0 Å². The van der Waals surface area contributed by atoms with Gasteiger partial charge in [-0.25, -0.2) is 14.1 Å². The van der Waals surface area contributed by atoms with Gasteiger partial charge in [-0.15, -0.1) is 0 Å². The lowest BCUT2D eigenvalue weighted by molar-refractivity contribution is -0.131. The predicted molar refractivity (Wildman–Crippen MR) is 122 cm³/mol. The van der Waals surface area contributed by atoms with Gasteiger partial charge in [0.15, 0.2) is 5.78 Å². The number of imide groups is 1. The smallest absolute Gasteiger partial charge is 0.307 e. The van der Waals surface area contributed by atoms with Gasteiger partial charge in [-0.05, 0) is 67.5 Å². The molecule has 0 bridgehead atoms. The number of Topliss-reactive ketones (excluding diaryl/α,β-unsaturated/α-hetero) is 1. The number of urea groups is 1. The molecule has 1 aliphatic carbocycles. The second kappa shape index (κ2) is 9.63. The van der Waals surface area contributed by atoms with E-state index in [4.69, 9.17) is 0 Å². The fourth-order valence-electron chi connectivity index (χ4n) is 4.98. The molecule has 0 saturated heterocycles. The number of para-hydroxylation sites is 1. The molecule has 1 N–H and O–H groups in total. The highest BCUT2D eigenvalue weighted by Crippen LogP contribution is 2.42. The maximum Gasteiger partial charge on any atom is 0.333 e. The second-order valence-corrected chi connectivity index (χ2v) is 8.86. The molecule has 0 aromatic heterocycles. The van der Waals surface area contributed by atoms with Crippen LogP contribution in [0, 0.1) is 17.7 Å². The van der Waals surface area contributed by atoms with Gasteiger partial charge in [0.05, 0.1) is 5.69 Å². The van der Waals surface area contributed by atoms with E-state index in [0.29, 0.717) is 22.9 Å². The van der Waals surface area contributed by atoms with Gasteiger partial charge in [-0.3, -0.25) is 9.59 Å². The molecule has 6 heteroatoms. The minimum atomic E-state index is -0.942. The standard InChI is InChI=1S/C26H29FN2O3/c1-2-3-6-17-9-11-18(12-10-17)24(30)23-21-7-4-5-8-22(21)29(25(23)31)26(32)28-20-15-13-19(27)14-16-20/h4-5,7-8,13-18,23H,2-3,6,9-12H2,1H3,(H,28,32). The predicted octanol–water partition coefficient (Wildman–Crippen LogP) is 6.05. The molecule has 1 unspecified atom stereocenters. The highest BCUT2D eigenvalue weighted by molar-refractivity contribution is 6.29. The zero-order chi connectivity index (χ0) is 22.7. The van der Waals surface area contributed by atoms with Crippen LogP contribution in [0.2, 0.25) is 0 Å². The van der Waals surface area contributed by atoms with E-state index in [2.05, 4.69) is 12.2 Å². The molecule has 2 aromatic carbocycles. The largest absolute Gasteiger partial charge is 0.333 e. The summed E-state index contributed by atoms with van der Waals surface area (Å²) in [7, 11) is 0. The molecule has 1 fully saturated rings. The summed E-state index contributed by atoms with van der Waals surface area (Å²) in [6.07, 6.45) is 7.27. The van der Waals surface area contributed by atoms with Crippen molar-refractivity contribution in [2.24, 2.45) is 11.8 Å². The summed E-state index contributed by atoms with van der Waals surface area (Å²) >= 11 is 0. The van der Waals surface area contributed by atoms with Gasteiger partial charge < -0.3 is 5.32 Å². The molecule has 4 rings (SSSR count). The van der Waals surface area contributed by atoms with E-state index >= 15 is 0 Å². The molecule has 0 spiro atoms. The normalized spacial score (nSPS) is 22.5. The van der Waals surface area contributed by atoms with Gasteiger partial charge in [0.1, 0.15) is 11.7 Å². The highest BCUT2D eigenvalue weighted by Gasteiger charge is 2.46. The van der Waals surface area contributed by atoms with Gasteiger partial charge in [0.25, 0.3) is 0 Å². The third-order valence-electron chi connectivity index (χ3n) is 6.75. The average Bonchev–Trinajstić information content (AvgIpc) is 3.10. The number of hydrogen-bond donors (Lipinski definition) is 1. The minimum Gasteiger partial charge on any atom is -0.307 e. The molecule has 0 radical (unpaired) electrons. The Morgan fingerprint density at radius 1 is 1.03 bits per heavy atom. The third kappa shape index (κ3) is 4.45. The number of rotatable bonds is 6. The number of anilines is 2. The number of ketones is 1. The summed E-state index contributed by atoms with van der Waals surface area (Å²) in [6.45, 7) is 2.19. The highest BCUT2D eigenvalue weighted by atomic mass is 19.1. The van der Waals surface area contributed by atoms with Crippen molar-refractivity contribution in [3.8, 4) is 0 Å². The van der Waals surface area contributed by atoms with Crippen molar-refractivity contribution in [3.05, 3.63) is 59.9 Å². The van der Waals surface area contributed by atoms with Gasteiger partial charge in [-0.1, -0.05) is 44.4 Å². The van der Waals surface area contributed by atoms with Crippen LogP contribution in [0.1, 0.15) is 63.4 Å². The molecule has 1 aliphatic heterocycles. The molecule has 1 heterocycles. The van der Waals surface area contributed by atoms with Crippen LogP contribution >= 0.6 is 0 Å². The lowest BCUT2D eigenvalue weighted by Crippen LogP contribution is -2.41. The van der Waals surface area contributed by atoms with Gasteiger partial charge in [0, 0.05) is 11.6 Å². The Kier molecular flexibility index (Phi) is 6.68. The van der Waals surface area contributed by atoms with Crippen LogP contribution in [-0.4, -0.2) is 17.7 Å². The summed E-state index contributed by atoms with van der Waals surface area (Å²) in [4.78, 5) is 40.8. The molecule has 5 nitrogen and oxygen atoms in total. The molecular formula is C26H29FN2O3. The number of halogens is 1. The van der Waals surface area contributed by atoms with Crippen molar-refractivity contribution >= 4 is 29.1 Å². The summed E-state index contributed by atoms with van der Waals surface area (Å²) in [5.41, 5.74) is 1.40. The topological polar surface area (TPSA) is 66.5 Å². The van der Waals surface area contributed by atoms with Crippen molar-refractivity contribution in [2.45, 2.75) is 57.8 Å². The van der Waals surface area contributed by atoms with E-state index in [1.54, 1.807) is 24.3 Å². The van der Waals surface area contributed by atoms with Crippen LogP contribution < -0.4 is 10.2 Å². The number of nitrogens with one attached hydrogen (secondary N) is 1. The fraction of sp³-hybridized carbons (Fsp3) is 0.423.